The van der Waals surface area contributed by atoms with Crippen molar-refractivity contribution in [2.45, 2.75) is 20.3 Å². The van der Waals surface area contributed by atoms with Crippen molar-refractivity contribution in [3.8, 4) is 5.82 Å². The molecule has 2 aromatic heterocycles. The van der Waals surface area contributed by atoms with Crippen molar-refractivity contribution >= 4 is 23.3 Å². The highest BCUT2D eigenvalue weighted by Gasteiger charge is 2.38. The molecule has 33 heavy (non-hydrogen) atoms. The first-order valence-corrected chi connectivity index (χ1v) is 11.1. The van der Waals surface area contributed by atoms with Gasteiger partial charge < -0.3 is 14.7 Å². The molecule has 1 unspecified atom stereocenters. The van der Waals surface area contributed by atoms with Crippen LogP contribution in [0.25, 0.3) is 5.82 Å². The Kier molecular flexibility index (Phi) is 5.49. The molecule has 0 saturated carbocycles. The smallest absolute Gasteiger partial charge is 0.228 e. The first-order chi connectivity index (χ1) is 16.0. The lowest BCUT2D eigenvalue weighted by molar-refractivity contribution is -0.136. The minimum absolute atomic E-state index is 0.0120. The van der Waals surface area contributed by atoms with E-state index >= 15 is 0 Å². The number of anilines is 2. The maximum atomic E-state index is 13.1. The van der Waals surface area contributed by atoms with Gasteiger partial charge in [0.1, 0.15) is 12.7 Å². The Bertz CT molecular complexity index is 1150. The normalized spacial score (nSPS) is 18.8. The van der Waals surface area contributed by atoms with Gasteiger partial charge in [0, 0.05) is 44.8 Å². The summed E-state index contributed by atoms with van der Waals surface area (Å²) >= 11 is 0. The van der Waals surface area contributed by atoms with Crippen LogP contribution in [0, 0.1) is 19.8 Å². The van der Waals surface area contributed by atoms with Gasteiger partial charge in [-0.1, -0.05) is 6.07 Å². The minimum Gasteiger partial charge on any atom is -0.352 e. The van der Waals surface area contributed by atoms with E-state index in [1.54, 1.807) is 15.9 Å². The number of hydrogen-bond acceptors (Lipinski definition) is 7. The van der Waals surface area contributed by atoms with E-state index in [4.69, 9.17) is 0 Å². The summed E-state index contributed by atoms with van der Waals surface area (Å²) in [5.74, 6) is 1.14. The maximum absolute atomic E-state index is 13.1. The van der Waals surface area contributed by atoms with Gasteiger partial charge in [0.25, 0.3) is 0 Å². The van der Waals surface area contributed by atoms with E-state index in [1.165, 1.54) is 11.9 Å². The number of carbonyl (C=O) groups excluding carboxylic acids is 2. The van der Waals surface area contributed by atoms with Crippen molar-refractivity contribution in [2.75, 3.05) is 42.5 Å². The lowest BCUT2D eigenvalue weighted by Crippen LogP contribution is -2.51. The van der Waals surface area contributed by atoms with Gasteiger partial charge in [-0.05, 0) is 49.2 Å². The Morgan fingerprint density at radius 2 is 1.73 bits per heavy atom. The molecular formula is C23H26N8O2. The molecule has 10 heteroatoms. The van der Waals surface area contributed by atoms with Gasteiger partial charge in [0.2, 0.25) is 11.8 Å². The van der Waals surface area contributed by atoms with Crippen LogP contribution in [0.4, 0.5) is 11.5 Å². The lowest BCUT2D eigenvalue weighted by atomic mass is 10.1. The summed E-state index contributed by atoms with van der Waals surface area (Å²) in [6, 6.07) is 9.75. The zero-order valence-electron chi connectivity index (χ0n) is 18.8. The largest absolute Gasteiger partial charge is 0.352 e. The summed E-state index contributed by atoms with van der Waals surface area (Å²) in [7, 11) is 0. The fraction of sp³-hybridized carbons (Fsp3) is 0.391. The second kappa shape index (κ2) is 8.61. The molecule has 0 radical (unpaired) electrons. The van der Waals surface area contributed by atoms with E-state index in [-0.39, 0.29) is 24.2 Å². The van der Waals surface area contributed by atoms with E-state index in [0.29, 0.717) is 38.5 Å². The Hall–Kier alpha value is -3.82. The average molecular weight is 447 g/mol. The van der Waals surface area contributed by atoms with Crippen LogP contribution in [-0.2, 0) is 9.59 Å². The SMILES string of the molecule is Cc1ccc(N2CC(C(=O)N3CCN(c4ccc(-n5cncn5)nn4)CC3)CC2=O)cc1C. The summed E-state index contributed by atoms with van der Waals surface area (Å²) in [5, 5.41) is 12.6. The van der Waals surface area contributed by atoms with E-state index in [2.05, 4.69) is 25.2 Å². The number of nitrogens with zero attached hydrogens (tertiary/aromatic N) is 8. The highest BCUT2D eigenvalue weighted by Crippen LogP contribution is 2.28. The Labute approximate surface area is 191 Å². The number of piperazine rings is 1. The first-order valence-electron chi connectivity index (χ1n) is 11.1. The number of rotatable bonds is 4. The molecule has 2 fully saturated rings. The summed E-state index contributed by atoms with van der Waals surface area (Å²) in [5.41, 5.74) is 3.20. The number of aromatic nitrogens is 5. The van der Waals surface area contributed by atoms with Crippen molar-refractivity contribution in [3.63, 3.8) is 0 Å². The minimum atomic E-state index is -0.299. The molecule has 2 aliphatic rings. The molecule has 2 aliphatic heterocycles. The second-order valence-corrected chi connectivity index (χ2v) is 8.58. The summed E-state index contributed by atoms with van der Waals surface area (Å²) in [4.78, 5) is 35.4. The van der Waals surface area contributed by atoms with Crippen molar-refractivity contribution in [3.05, 3.63) is 54.1 Å². The van der Waals surface area contributed by atoms with Crippen LogP contribution in [0.5, 0.6) is 0 Å². The van der Waals surface area contributed by atoms with Crippen LogP contribution in [0.1, 0.15) is 17.5 Å². The predicted molar refractivity (Wildman–Crippen MR) is 122 cm³/mol. The summed E-state index contributed by atoms with van der Waals surface area (Å²) in [6.45, 7) is 7.06. The lowest BCUT2D eigenvalue weighted by Gasteiger charge is -2.36. The molecule has 1 atom stereocenters. The van der Waals surface area contributed by atoms with Crippen molar-refractivity contribution < 1.29 is 9.59 Å². The van der Waals surface area contributed by atoms with Gasteiger partial charge in [-0.3, -0.25) is 9.59 Å². The van der Waals surface area contributed by atoms with E-state index in [9.17, 15) is 9.59 Å². The standard InChI is InChI=1S/C23H26N8O2/c1-16-3-4-19(11-17(16)2)30-13-18(12-22(30)32)23(33)29-9-7-28(8-10-29)20-5-6-21(27-26-20)31-15-24-14-25-31/h3-6,11,14-15,18H,7-10,12-13H2,1-2H3. The third-order valence-electron chi connectivity index (χ3n) is 6.48. The zero-order chi connectivity index (χ0) is 22.9. The molecular weight excluding hydrogens is 420 g/mol. The van der Waals surface area contributed by atoms with Gasteiger partial charge in [0.15, 0.2) is 11.6 Å². The van der Waals surface area contributed by atoms with Crippen LogP contribution in [0.2, 0.25) is 0 Å². The quantitative estimate of drug-likeness (QED) is 0.597. The second-order valence-electron chi connectivity index (χ2n) is 8.58. The molecule has 5 rings (SSSR count). The number of aryl methyl sites for hydroxylation is 2. The molecule has 0 aliphatic carbocycles. The number of hydrogen-bond donors (Lipinski definition) is 0. The number of benzene rings is 1. The molecule has 2 saturated heterocycles. The molecule has 1 aromatic carbocycles. The molecule has 170 valence electrons. The Morgan fingerprint density at radius 3 is 2.39 bits per heavy atom. The molecule has 4 heterocycles. The van der Waals surface area contributed by atoms with Crippen molar-refractivity contribution in [1.29, 1.82) is 0 Å². The van der Waals surface area contributed by atoms with Gasteiger partial charge >= 0.3 is 0 Å². The van der Waals surface area contributed by atoms with Crippen LogP contribution < -0.4 is 9.80 Å². The Balaban J connectivity index is 1.18. The highest BCUT2D eigenvalue weighted by atomic mass is 16.2. The van der Waals surface area contributed by atoms with Crippen molar-refractivity contribution in [1.82, 2.24) is 29.9 Å². The molecule has 0 spiro atoms. The third-order valence-corrected chi connectivity index (χ3v) is 6.48. The highest BCUT2D eigenvalue weighted by molar-refractivity contribution is 6.00. The predicted octanol–water partition coefficient (Wildman–Crippen LogP) is 1.38. The molecule has 0 bridgehead atoms. The van der Waals surface area contributed by atoms with Crippen LogP contribution >= 0.6 is 0 Å². The van der Waals surface area contributed by atoms with Crippen LogP contribution in [-0.4, -0.2) is 74.4 Å². The average Bonchev–Trinajstić information content (AvgIpc) is 3.51. The third kappa shape index (κ3) is 4.15. The van der Waals surface area contributed by atoms with E-state index in [1.807, 2.05) is 49.1 Å². The first kappa shape index (κ1) is 21.0. The van der Waals surface area contributed by atoms with Gasteiger partial charge in [0.05, 0.1) is 5.92 Å². The Morgan fingerprint density at radius 1 is 0.970 bits per heavy atom. The fourth-order valence-electron chi connectivity index (χ4n) is 4.37. The maximum Gasteiger partial charge on any atom is 0.228 e. The topological polar surface area (TPSA) is 100 Å². The molecule has 2 amide bonds. The van der Waals surface area contributed by atoms with Crippen LogP contribution in [0.15, 0.2) is 43.0 Å². The summed E-state index contributed by atoms with van der Waals surface area (Å²) in [6.07, 6.45) is 3.29. The van der Waals surface area contributed by atoms with E-state index in [0.717, 1.165) is 17.1 Å². The van der Waals surface area contributed by atoms with E-state index < -0.39 is 0 Å². The van der Waals surface area contributed by atoms with Gasteiger partial charge in [-0.25, -0.2) is 9.67 Å². The van der Waals surface area contributed by atoms with Crippen LogP contribution in [0.3, 0.4) is 0 Å². The summed E-state index contributed by atoms with van der Waals surface area (Å²) < 4.78 is 1.55. The molecule has 0 N–H and O–H groups in total. The van der Waals surface area contributed by atoms with Crippen molar-refractivity contribution in [2.24, 2.45) is 5.92 Å². The number of amides is 2. The van der Waals surface area contributed by atoms with Gasteiger partial charge in [-0.2, -0.15) is 5.10 Å². The molecule has 10 nitrogen and oxygen atoms in total. The van der Waals surface area contributed by atoms with Gasteiger partial charge in [-0.15, -0.1) is 10.2 Å². The molecule has 3 aromatic rings. The fourth-order valence-corrected chi connectivity index (χ4v) is 4.37. The monoisotopic (exact) mass is 446 g/mol. The number of carbonyl (C=O) groups is 2. The zero-order valence-corrected chi connectivity index (χ0v) is 18.8.